The van der Waals surface area contributed by atoms with Gasteiger partial charge in [-0.05, 0) is 49.3 Å². The van der Waals surface area contributed by atoms with E-state index in [1.54, 1.807) is 24.4 Å². The van der Waals surface area contributed by atoms with Crippen LogP contribution in [0.3, 0.4) is 0 Å². The number of ketones is 1. The van der Waals surface area contributed by atoms with Crippen LogP contribution in [0.15, 0.2) is 48.8 Å². The van der Waals surface area contributed by atoms with E-state index in [1.165, 1.54) is 0 Å². The summed E-state index contributed by atoms with van der Waals surface area (Å²) < 4.78 is 4.25. The Labute approximate surface area is 166 Å². The van der Waals surface area contributed by atoms with Crippen LogP contribution >= 0.6 is 0 Å². The van der Waals surface area contributed by atoms with Gasteiger partial charge in [-0.2, -0.15) is 0 Å². The maximum Gasteiger partial charge on any atom is 0.178 e. The lowest BCUT2D eigenvalue weighted by atomic mass is 10.3. The van der Waals surface area contributed by atoms with Gasteiger partial charge in [0.2, 0.25) is 0 Å². The quantitative estimate of drug-likeness (QED) is 0.461. The van der Waals surface area contributed by atoms with Crippen LogP contribution in [0, 0.1) is 0 Å². The lowest BCUT2D eigenvalue weighted by Gasteiger charge is -2.05. The van der Waals surface area contributed by atoms with Crippen LogP contribution in [-0.2, 0) is 17.9 Å². The number of imidazole rings is 2. The number of aromatic nitrogens is 4. The van der Waals surface area contributed by atoms with Crippen LogP contribution in [0.2, 0.25) is 0 Å². The molecule has 146 valence electrons. The lowest BCUT2D eigenvalue weighted by molar-refractivity contribution is -0.110. The third-order valence-corrected chi connectivity index (χ3v) is 4.71. The van der Waals surface area contributed by atoms with Crippen LogP contribution in [0.5, 0.6) is 0 Å². The minimum absolute atomic E-state index is 0.0702. The summed E-state index contributed by atoms with van der Waals surface area (Å²) in [7, 11) is 0. The average Bonchev–Trinajstić information content (AvgIpc) is 3.31. The minimum Gasteiger partial charge on any atom is -0.331 e. The van der Waals surface area contributed by atoms with E-state index in [0.29, 0.717) is 0 Å². The monoisotopic (exact) mass is 376 g/mol. The average molecular weight is 377 g/mol. The van der Waals surface area contributed by atoms with E-state index >= 15 is 0 Å². The number of carbonyl (C=O) groups is 1. The summed E-state index contributed by atoms with van der Waals surface area (Å²) in [6, 6.07) is 8.09. The first-order valence-corrected chi connectivity index (χ1v) is 10.1. The molecule has 0 saturated heterocycles. The smallest absolute Gasteiger partial charge is 0.178 e. The van der Waals surface area contributed by atoms with Crippen LogP contribution in [0.4, 0.5) is 0 Å². The number of para-hydroxylation sites is 2. The van der Waals surface area contributed by atoms with Gasteiger partial charge in [0.1, 0.15) is 11.6 Å². The Kier molecular flexibility index (Phi) is 6.95. The second-order valence-electron chi connectivity index (χ2n) is 6.87. The Bertz CT molecular complexity index is 978. The van der Waals surface area contributed by atoms with Crippen LogP contribution in [0.25, 0.3) is 23.2 Å². The van der Waals surface area contributed by atoms with Gasteiger partial charge in [0.15, 0.2) is 5.78 Å². The molecule has 0 aliphatic heterocycles. The highest BCUT2D eigenvalue weighted by Gasteiger charge is 2.07. The molecule has 2 heterocycles. The van der Waals surface area contributed by atoms with E-state index in [2.05, 4.69) is 39.0 Å². The maximum absolute atomic E-state index is 12.3. The van der Waals surface area contributed by atoms with Gasteiger partial charge in [0.05, 0.1) is 11.0 Å². The molecule has 1 aromatic carbocycles. The number of allylic oxidation sites excluding steroid dienone is 2. The first kappa shape index (κ1) is 19.8. The number of rotatable bonds is 10. The molecule has 0 unspecified atom stereocenters. The predicted molar refractivity (Wildman–Crippen MR) is 115 cm³/mol. The highest BCUT2D eigenvalue weighted by Crippen LogP contribution is 2.18. The Balaban J connectivity index is 1.74. The number of carbonyl (C=O) groups excluding carboxylic acids is 1. The summed E-state index contributed by atoms with van der Waals surface area (Å²) in [6.45, 7) is 6.15. The van der Waals surface area contributed by atoms with Crippen molar-refractivity contribution in [2.75, 3.05) is 0 Å². The van der Waals surface area contributed by atoms with E-state index in [9.17, 15) is 4.79 Å². The van der Waals surface area contributed by atoms with Gasteiger partial charge in [0.25, 0.3) is 0 Å². The molecule has 2 aromatic heterocycles. The Morgan fingerprint density at radius 3 is 2.50 bits per heavy atom. The summed E-state index contributed by atoms with van der Waals surface area (Å²) >= 11 is 0. The summed E-state index contributed by atoms with van der Waals surface area (Å²) in [6.07, 6.45) is 14.9. The molecule has 3 rings (SSSR count). The van der Waals surface area contributed by atoms with Crippen molar-refractivity contribution >= 4 is 29.0 Å². The van der Waals surface area contributed by atoms with Crippen molar-refractivity contribution in [3.05, 3.63) is 60.5 Å². The van der Waals surface area contributed by atoms with Crippen molar-refractivity contribution in [1.29, 1.82) is 0 Å². The third-order valence-electron chi connectivity index (χ3n) is 4.71. The molecule has 0 N–H and O–H groups in total. The Morgan fingerprint density at radius 1 is 1.00 bits per heavy atom. The molecule has 0 amide bonds. The highest BCUT2D eigenvalue weighted by molar-refractivity contribution is 6.04. The van der Waals surface area contributed by atoms with Crippen molar-refractivity contribution < 1.29 is 4.79 Å². The molecule has 0 radical (unpaired) electrons. The van der Waals surface area contributed by atoms with Crippen LogP contribution in [0.1, 0.15) is 51.2 Å². The molecule has 0 spiro atoms. The molecule has 28 heavy (non-hydrogen) atoms. The van der Waals surface area contributed by atoms with Crippen LogP contribution < -0.4 is 0 Å². The number of hydrogen-bond donors (Lipinski definition) is 0. The fourth-order valence-electron chi connectivity index (χ4n) is 3.14. The van der Waals surface area contributed by atoms with Gasteiger partial charge in [-0.3, -0.25) is 4.79 Å². The molecule has 5 nitrogen and oxygen atoms in total. The normalized spacial score (nSPS) is 11.9. The summed E-state index contributed by atoms with van der Waals surface area (Å²) in [4.78, 5) is 21.3. The van der Waals surface area contributed by atoms with Gasteiger partial charge in [-0.1, -0.05) is 38.8 Å². The molecule has 0 aliphatic carbocycles. The van der Waals surface area contributed by atoms with Gasteiger partial charge >= 0.3 is 0 Å². The van der Waals surface area contributed by atoms with Gasteiger partial charge in [0, 0.05) is 25.5 Å². The van der Waals surface area contributed by atoms with E-state index < -0.39 is 0 Å². The number of hydrogen-bond acceptors (Lipinski definition) is 3. The largest absolute Gasteiger partial charge is 0.331 e. The van der Waals surface area contributed by atoms with Crippen molar-refractivity contribution in [1.82, 2.24) is 19.1 Å². The van der Waals surface area contributed by atoms with Crippen molar-refractivity contribution in [3.8, 4) is 0 Å². The second-order valence-corrected chi connectivity index (χ2v) is 6.87. The third kappa shape index (κ3) is 4.85. The number of aryl methyl sites for hydroxylation is 2. The standard InChI is InChI=1S/C23H28N4O/c1-3-5-16-26-18-15-24-22(26)13-11-19(28)12-14-23-25-20-9-7-8-10-21(20)27(23)17-6-4-2/h7-15,18H,3-6,16-17H2,1-2H3/b13-11+,14-12+. The van der Waals surface area contributed by atoms with Gasteiger partial charge in [-0.25, -0.2) is 9.97 Å². The Morgan fingerprint density at radius 2 is 1.71 bits per heavy atom. The SMILES string of the molecule is CCCCn1ccnc1/C=C/C(=O)/C=C/c1nc2ccccc2n1CCCC. The number of benzene rings is 1. The Hall–Kier alpha value is -2.95. The fraction of sp³-hybridized carbons (Fsp3) is 0.348. The number of nitrogens with zero attached hydrogens (tertiary/aromatic N) is 4. The zero-order valence-corrected chi connectivity index (χ0v) is 16.7. The predicted octanol–water partition coefficient (Wildman–Crippen LogP) is 5.13. The van der Waals surface area contributed by atoms with Crippen molar-refractivity contribution in [3.63, 3.8) is 0 Å². The molecule has 3 aromatic rings. The minimum atomic E-state index is -0.0702. The van der Waals surface area contributed by atoms with Gasteiger partial charge < -0.3 is 9.13 Å². The van der Waals surface area contributed by atoms with E-state index in [1.807, 2.05) is 30.5 Å². The fourth-order valence-corrected chi connectivity index (χ4v) is 3.14. The molecule has 0 aliphatic rings. The molecule has 0 fully saturated rings. The molecular weight excluding hydrogens is 348 g/mol. The highest BCUT2D eigenvalue weighted by atomic mass is 16.1. The topological polar surface area (TPSA) is 52.7 Å². The maximum atomic E-state index is 12.3. The molecule has 5 heteroatoms. The zero-order valence-electron chi connectivity index (χ0n) is 16.7. The van der Waals surface area contributed by atoms with Crippen LogP contribution in [-0.4, -0.2) is 24.9 Å². The molecule has 0 bridgehead atoms. The first-order valence-electron chi connectivity index (χ1n) is 10.1. The number of unbranched alkanes of at least 4 members (excludes halogenated alkanes) is 2. The van der Waals surface area contributed by atoms with Crippen molar-refractivity contribution in [2.45, 2.75) is 52.6 Å². The number of fused-ring (bicyclic) bond motifs is 1. The molecule has 0 atom stereocenters. The summed E-state index contributed by atoms with van der Waals surface area (Å²) in [5.41, 5.74) is 2.07. The van der Waals surface area contributed by atoms with Gasteiger partial charge in [-0.15, -0.1) is 0 Å². The second kappa shape index (κ2) is 9.83. The van der Waals surface area contributed by atoms with E-state index in [-0.39, 0.29) is 5.78 Å². The lowest BCUT2D eigenvalue weighted by Crippen LogP contribution is -2.01. The summed E-state index contributed by atoms with van der Waals surface area (Å²) in [5, 5.41) is 0. The molecular formula is C23H28N4O. The first-order chi connectivity index (χ1) is 13.7. The zero-order chi connectivity index (χ0) is 19.8. The molecule has 0 saturated carbocycles. The van der Waals surface area contributed by atoms with E-state index in [4.69, 9.17) is 0 Å². The van der Waals surface area contributed by atoms with Crippen molar-refractivity contribution in [2.24, 2.45) is 0 Å². The van der Waals surface area contributed by atoms with E-state index in [0.717, 1.165) is 61.5 Å². The summed E-state index contributed by atoms with van der Waals surface area (Å²) in [5.74, 6) is 1.56.